The summed E-state index contributed by atoms with van der Waals surface area (Å²) in [7, 11) is 1.72. The normalized spacial score (nSPS) is 21.3. The number of rotatable bonds is 5. The zero-order valence-corrected chi connectivity index (χ0v) is 11.2. The van der Waals surface area contributed by atoms with E-state index in [-0.39, 0.29) is 6.10 Å². The molecule has 0 aliphatic heterocycles. The first-order chi connectivity index (χ1) is 8.31. The van der Waals surface area contributed by atoms with Gasteiger partial charge >= 0.3 is 0 Å². The quantitative estimate of drug-likeness (QED) is 0.879. The van der Waals surface area contributed by atoms with E-state index in [0.29, 0.717) is 12.3 Å². The molecule has 0 amide bonds. The second kappa shape index (κ2) is 6.47. The van der Waals surface area contributed by atoms with Gasteiger partial charge in [-0.1, -0.05) is 19.3 Å². The van der Waals surface area contributed by atoms with Crippen LogP contribution in [0.1, 0.15) is 37.0 Å². The van der Waals surface area contributed by atoms with Crippen molar-refractivity contribution in [1.82, 2.24) is 4.98 Å². The van der Waals surface area contributed by atoms with Gasteiger partial charge in [0.25, 0.3) is 0 Å². The minimum Gasteiger partial charge on any atom is -0.390 e. The van der Waals surface area contributed by atoms with Crippen LogP contribution in [0.4, 0.5) is 0 Å². The summed E-state index contributed by atoms with van der Waals surface area (Å²) in [5.74, 6) is 0.525. The molecule has 2 atom stereocenters. The van der Waals surface area contributed by atoms with Crippen LogP contribution in [0.15, 0.2) is 11.7 Å². The smallest absolute Gasteiger partial charge is 0.0861 e. The van der Waals surface area contributed by atoms with Crippen LogP contribution in [0.25, 0.3) is 0 Å². The minimum absolute atomic E-state index is 0.0163. The molecule has 1 aliphatic rings. The molecule has 4 heteroatoms. The molecule has 1 aromatic heterocycles. The molecule has 0 radical (unpaired) electrons. The number of thiazole rings is 1. The van der Waals surface area contributed by atoms with Crippen molar-refractivity contribution in [2.24, 2.45) is 5.92 Å². The average molecular weight is 255 g/mol. The maximum atomic E-state index is 10.3. The summed E-state index contributed by atoms with van der Waals surface area (Å²) in [5.41, 5.74) is 1.81. The van der Waals surface area contributed by atoms with Gasteiger partial charge in [0.05, 0.1) is 17.7 Å². The Balaban J connectivity index is 1.92. The molecule has 2 unspecified atom stereocenters. The van der Waals surface area contributed by atoms with Crippen LogP contribution in [0.3, 0.4) is 0 Å². The van der Waals surface area contributed by atoms with Crippen LogP contribution >= 0.6 is 11.3 Å². The molecule has 1 heterocycles. The predicted octanol–water partition coefficient (Wildman–Crippen LogP) is 2.64. The van der Waals surface area contributed by atoms with Crippen molar-refractivity contribution in [3.05, 3.63) is 16.6 Å². The van der Waals surface area contributed by atoms with Crippen LogP contribution in [0, 0.1) is 5.92 Å². The van der Waals surface area contributed by atoms with Gasteiger partial charge in [0, 0.05) is 24.6 Å². The van der Waals surface area contributed by atoms with Gasteiger partial charge in [-0.15, -0.1) is 11.3 Å². The highest BCUT2D eigenvalue weighted by atomic mass is 32.1. The van der Waals surface area contributed by atoms with Crippen molar-refractivity contribution in [2.75, 3.05) is 7.11 Å². The summed E-state index contributed by atoms with van der Waals surface area (Å²) in [5, 5.41) is 10.3. The van der Waals surface area contributed by atoms with Crippen molar-refractivity contribution in [2.45, 2.75) is 50.7 Å². The third kappa shape index (κ3) is 3.50. The lowest BCUT2D eigenvalue weighted by Crippen LogP contribution is -2.37. The van der Waals surface area contributed by atoms with E-state index < -0.39 is 6.10 Å². The molecular weight excluding hydrogens is 234 g/mol. The van der Waals surface area contributed by atoms with Crippen molar-refractivity contribution in [3.63, 3.8) is 0 Å². The molecule has 1 saturated carbocycles. The first-order valence-electron chi connectivity index (χ1n) is 6.39. The van der Waals surface area contributed by atoms with Gasteiger partial charge in [-0.25, -0.2) is 0 Å². The number of aromatic nitrogens is 1. The molecule has 1 aromatic rings. The fourth-order valence-corrected chi connectivity index (χ4v) is 3.44. The largest absolute Gasteiger partial charge is 0.390 e. The molecule has 1 fully saturated rings. The van der Waals surface area contributed by atoms with Crippen LogP contribution in [0.5, 0.6) is 0 Å². The Morgan fingerprint density at radius 3 is 2.82 bits per heavy atom. The summed E-state index contributed by atoms with van der Waals surface area (Å²) < 4.78 is 5.53. The number of aliphatic hydroxyl groups is 1. The zero-order chi connectivity index (χ0) is 12.1. The Morgan fingerprint density at radius 2 is 2.24 bits per heavy atom. The molecule has 17 heavy (non-hydrogen) atoms. The molecule has 1 aliphatic carbocycles. The van der Waals surface area contributed by atoms with Crippen LogP contribution < -0.4 is 0 Å². The highest BCUT2D eigenvalue weighted by molar-refractivity contribution is 7.09. The van der Waals surface area contributed by atoms with Gasteiger partial charge in [0.15, 0.2) is 0 Å². The second-order valence-corrected chi connectivity index (χ2v) is 5.81. The average Bonchev–Trinajstić information content (AvgIpc) is 2.84. The van der Waals surface area contributed by atoms with E-state index >= 15 is 0 Å². The highest BCUT2D eigenvalue weighted by Gasteiger charge is 2.29. The van der Waals surface area contributed by atoms with Gasteiger partial charge in [0.1, 0.15) is 0 Å². The van der Waals surface area contributed by atoms with Crippen molar-refractivity contribution >= 4 is 11.3 Å². The van der Waals surface area contributed by atoms with E-state index in [0.717, 1.165) is 4.88 Å². The Bertz CT molecular complexity index is 309. The van der Waals surface area contributed by atoms with E-state index in [9.17, 15) is 5.11 Å². The first kappa shape index (κ1) is 13.0. The predicted molar refractivity (Wildman–Crippen MR) is 69.2 cm³/mol. The molecule has 0 saturated heterocycles. The van der Waals surface area contributed by atoms with Gasteiger partial charge in [0.2, 0.25) is 0 Å². The Labute approximate surface area is 107 Å². The topological polar surface area (TPSA) is 42.4 Å². The number of nitrogens with zero attached hydrogens (tertiary/aromatic N) is 1. The summed E-state index contributed by atoms with van der Waals surface area (Å²) in [6.45, 7) is 0. The lowest BCUT2D eigenvalue weighted by molar-refractivity contribution is -0.0533. The fraction of sp³-hybridized carbons (Fsp3) is 0.769. The second-order valence-electron chi connectivity index (χ2n) is 4.84. The minimum atomic E-state index is -0.399. The summed E-state index contributed by atoms with van der Waals surface area (Å²) in [6, 6.07) is 0. The third-order valence-corrected chi connectivity index (χ3v) is 4.46. The zero-order valence-electron chi connectivity index (χ0n) is 10.3. The lowest BCUT2D eigenvalue weighted by atomic mass is 9.82. The SMILES string of the molecule is COC(C(O)Cc1cncs1)C1CCCCC1. The Morgan fingerprint density at radius 1 is 1.47 bits per heavy atom. The number of methoxy groups -OCH3 is 1. The van der Waals surface area contributed by atoms with Gasteiger partial charge in [-0.05, 0) is 18.8 Å². The van der Waals surface area contributed by atoms with Crippen molar-refractivity contribution < 1.29 is 9.84 Å². The van der Waals surface area contributed by atoms with Crippen LogP contribution in [-0.4, -0.2) is 29.4 Å². The number of ether oxygens (including phenoxy) is 1. The Kier molecular flexibility index (Phi) is 4.95. The van der Waals surface area contributed by atoms with E-state index in [4.69, 9.17) is 4.74 Å². The lowest BCUT2D eigenvalue weighted by Gasteiger charge is -2.32. The molecule has 0 aromatic carbocycles. The molecule has 2 rings (SSSR count). The van der Waals surface area contributed by atoms with Crippen molar-refractivity contribution in [3.8, 4) is 0 Å². The van der Waals surface area contributed by atoms with E-state index in [1.807, 2.05) is 11.7 Å². The molecular formula is C13H21NO2S. The maximum Gasteiger partial charge on any atom is 0.0861 e. The highest BCUT2D eigenvalue weighted by Crippen LogP contribution is 2.30. The van der Waals surface area contributed by atoms with Gasteiger partial charge < -0.3 is 9.84 Å². The maximum absolute atomic E-state index is 10.3. The summed E-state index contributed by atoms with van der Waals surface area (Å²) >= 11 is 1.60. The number of hydrogen-bond acceptors (Lipinski definition) is 4. The van der Waals surface area contributed by atoms with E-state index in [2.05, 4.69) is 4.98 Å². The Hall–Kier alpha value is -0.450. The summed E-state index contributed by atoms with van der Waals surface area (Å²) in [6.07, 6.45) is 8.35. The van der Waals surface area contributed by atoms with Crippen LogP contribution in [0.2, 0.25) is 0 Å². The standard InChI is InChI=1S/C13H21NO2S/c1-16-13(10-5-3-2-4-6-10)12(15)7-11-8-14-9-17-11/h8-10,12-13,15H,2-7H2,1H3. The summed E-state index contributed by atoms with van der Waals surface area (Å²) in [4.78, 5) is 5.17. The molecule has 96 valence electrons. The number of hydrogen-bond donors (Lipinski definition) is 1. The van der Waals surface area contributed by atoms with E-state index in [1.54, 1.807) is 18.4 Å². The fourth-order valence-electron chi connectivity index (χ4n) is 2.79. The monoisotopic (exact) mass is 255 g/mol. The van der Waals surface area contributed by atoms with Gasteiger partial charge in [-0.2, -0.15) is 0 Å². The van der Waals surface area contributed by atoms with Crippen molar-refractivity contribution in [1.29, 1.82) is 0 Å². The molecule has 1 N–H and O–H groups in total. The molecule has 3 nitrogen and oxygen atoms in total. The molecule has 0 bridgehead atoms. The van der Waals surface area contributed by atoms with Gasteiger partial charge in [-0.3, -0.25) is 4.98 Å². The van der Waals surface area contributed by atoms with Crippen LogP contribution in [-0.2, 0) is 11.2 Å². The molecule has 0 spiro atoms. The first-order valence-corrected chi connectivity index (χ1v) is 7.27. The third-order valence-electron chi connectivity index (χ3n) is 3.66. The van der Waals surface area contributed by atoms with E-state index in [1.165, 1.54) is 32.1 Å². The number of aliphatic hydroxyl groups excluding tert-OH is 1.